The first-order valence-electron chi connectivity index (χ1n) is 4.76. The number of nitrogens with zero attached hydrogens (tertiary/aromatic N) is 1. The minimum absolute atomic E-state index is 0.0264. The standard InChI is InChI=1S/C12H12N2O/c15-9-10-6-7-12(13-8-10)14-11-4-2-1-3-5-11/h1-8,15H,9H2,(H,13,14). The third-order valence-electron chi connectivity index (χ3n) is 2.05. The molecule has 2 aromatic rings. The molecule has 2 rings (SSSR count). The summed E-state index contributed by atoms with van der Waals surface area (Å²) in [7, 11) is 0. The monoisotopic (exact) mass is 200 g/mol. The summed E-state index contributed by atoms with van der Waals surface area (Å²) in [4.78, 5) is 4.17. The number of hydrogen-bond donors (Lipinski definition) is 2. The van der Waals surface area contributed by atoms with E-state index in [0.29, 0.717) is 0 Å². The van der Waals surface area contributed by atoms with Crippen molar-refractivity contribution in [3.63, 3.8) is 0 Å². The van der Waals surface area contributed by atoms with E-state index in [1.165, 1.54) is 0 Å². The van der Waals surface area contributed by atoms with E-state index in [2.05, 4.69) is 10.3 Å². The predicted octanol–water partition coefficient (Wildman–Crippen LogP) is 2.32. The number of hydrogen-bond acceptors (Lipinski definition) is 3. The molecule has 0 atom stereocenters. The zero-order valence-corrected chi connectivity index (χ0v) is 8.22. The molecule has 1 aromatic carbocycles. The molecule has 0 aliphatic rings. The summed E-state index contributed by atoms with van der Waals surface area (Å²) >= 11 is 0. The molecular formula is C12H12N2O. The molecular weight excluding hydrogens is 188 g/mol. The largest absolute Gasteiger partial charge is 0.392 e. The Morgan fingerprint density at radius 3 is 2.47 bits per heavy atom. The fourth-order valence-corrected chi connectivity index (χ4v) is 1.26. The van der Waals surface area contributed by atoms with Gasteiger partial charge in [-0.1, -0.05) is 24.3 Å². The van der Waals surface area contributed by atoms with Gasteiger partial charge < -0.3 is 10.4 Å². The lowest BCUT2D eigenvalue weighted by Crippen LogP contribution is -1.93. The highest BCUT2D eigenvalue weighted by Crippen LogP contribution is 2.13. The number of rotatable bonds is 3. The number of nitrogens with one attached hydrogen (secondary N) is 1. The molecule has 0 bridgehead atoms. The Morgan fingerprint density at radius 1 is 1.07 bits per heavy atom. The van der Waals surface area contributed by atoms with Crippen molar-refractivity contribution < 1.29 is 5.11 Å². The summed E-state index contributed by atoms with van der Waals surface area (Å²) < 4.78 is 0. The molecule has 0 saturated heterocycles. The molecule has 15 heavy (non-hydrogen) atoms. The molecule has 1 heterocycles. The van der Waals surface area contributed by atoms with Crippen LogP contribution in [0.25, 0.3) is 0 Å². The molecule has 0 fully saturated rings. The maximum atomic E-state index is 8.86. The van der Waals surface area contributed by atoms with Crippen LogP contribution in [0.15, 0.2) is 48.7 Å². The first kappa shape index (κ1) is 9.68. The molecule has 0 saturated carbocycles. The van der Waals surface area contributed by atoms with Crippen LogP contribution in [0.4, 0.5) is 11.5 Å². The van der Waals surface area contributed by atoms with E-state index in [0.717, 1.165) is 17.1 Å². The first-order chi connectivity index (χ1) is 7.38. The van der Waals surface area contributed by atoms with Crippen LogP contribution in [-0.2, 0) is 6.61 Å². The van der Waals surface area contributed by atoms with Crippen LogP contribution in [0.2, 0.25) is 0 Å². The van der Waals surface area contributed by atoms with Gasteiger partial charge in [-0.25, -0.2) is 4.98 Å². The van der Waals surface area contributed by atoms with Crippen LogP contribution in [0, 0.1) is 0 Å². The van der Waals surface area contributed by atoms with Gasteiger partial charge in [-0.2, -0.15) is 0 Å². The van der Waals surface area contributed by atoms with Gasteiger partial charge in [0, 0.05) is 11.9 Å². The number of aromatic nitrogens is 1. The van der Waals surface area contributed by atoms with Gasteiger partial charge in [-0.15, -0.1) is 0 Å². The van der Waals surface area contributed by atoms with Crippen LogP contribution >= 0.6 is 0 Å². The maximum absolute atomic E-state index is 8.86. The normalized spacial score (nSPS) is 9.93. The second kappa shape index (κ2) is 4.57. The number of aliphatic hydroxyl groups is 1. The summed E-state index contributed by atoms with van der Waals surface area (Å²) in [5, 5.41) is 12.0. The Bertz CT molecular complexity index is 411. The van der Waals surface area contributed by atoms with Crippen molar-refractivity contribution in [2.45, 2.75) is 6.61 Å². The van der Waals surface area contributed by atoms with E-state index in [4.69, 9.17) is 5.11 Å². The molecule has 0 unspecified atom stereocenters. The van der Waals surface area contributed by atoms with Gasteiger partial charge >= 0.3 is 0 Å². The van der Waals surface area contributed by atoms with Crippen LogP contribution in [-0.4, -0.2) is 10.1 Å². The van der Waals surface area contributed by atoms with Gasteiger partial charge in [0.15, 0.2) is 0 Å². The molecule has 0 radical (unpaired) electrons. The van der Waals surface area contributed by atoms with Crippen molar-refractivity contribution >= 4 is 11.5 Å². The average Bonchev–Trinajstić information content (AvgIpc) is 2.31. The SMILES string of the molecule is OCc1ccc(Nc2ccccc2)nc1. The number of benzene rings is 1. The fraction of sp³-hybridized carbons (Fsp3) is 0.0833. The zero-order valence-electron chi connectivity index (χ0n) is 8.22. The van der Waals surface area contributed by atoms with Crippen LogP contribution in [0.1, 0.15) is 5.56 Å². The Morgan fingerprint density at radius 2 is 1.87 bits per heavy atom. The van der Waals surface area contributed by atoms with E-state index >= 15 is 0 Å². The number of para-hydroxylation sites is 1. The fourth-order valence-electron chi connectivity index (χ4n) is 1.26. The van der Waals surface area contributed by atoms with E-state index in [1.807, 2.05) is 42.5 Å². The lowest BCUT2D eigenvalue weighted by Gasteiger charge is -2.05. The predicted molar refractivity (Wildman–Crippen MR) is 59.9 cm³/mol. The van der Waals surface area contributed by atoms with E-state index in [-0.39, 0.29) is 6.61 Å². The van der Waals surface area contributed by atoms with Gasteiger partial charge in [0.1, 0.15) is 5.82 Å². The third-order valence-corrected chi connectivity index (χ3v) is 2.05. The average molecular weight is 200 g/mol. The van der Waals surface area contributed by atoms with Crippen molar-refractivity contribution in [1.29, 1.82) is 0 Å². The van der Waals surface area contributed by atoms with Gasteiger partial charge in [0.2, 0.25) is 0 Å². The lowest BCUT2D eigenvalue weighted by atomic mass is 10.3. The molecule has 3 heteroatoms. The first-order valence-corrected chi connectivity index (χ1v) is 4.76. The third kappa shape index (κ3) is 2.54. The topological polar surface area (TPSA) is 45.1 Å². The van der Waals surface area contributed by atoms with E-state index in [9.17, 15) is 0 Å². The van der Waals surface area contributed by atoms with E-state index < -0.39 is 0 Å². The molecule has 1 aromatic heterocycles. The molecule has 0 aliphatic heterocycles. The molecule has 2 N–H and O–H groups in total. The smallest absolute Gasteiger partial charge is 0.130 e. The highest BCUT2D eigenvalue weighted by atomic mass is 16.3. The van der Waals surface area contributed by atoms with Crippen LogP contribution in [0.3, 0.4) is 0 Å². The number of pyridine rings is 1. The van der Waals surface area contributed by atoms with Gasteiger partial charge in [0.05, 0.1) is 6.61 Å². The summed E-state index contributed by atoms with van der Waals surface area (Å²) in [6.07, 6.45) is 1.66. The quantitative estimate of drug-likeness (QED) is 0.799. The highest BCUT2D eigenvalue weighted by molar-refractivity contribution is 5.55. The van der Waals surface area contributed by atoms with Crippen molar-refractivity contribution in [1.82, 2.24) is 4.98 Å². The summed E-state index contributed by atoms with van der Waals surface area (Å²) in [5.74, 6) is 0.776. The number of aliphatic hydroxyl groups excluding tert-OH is 1. The molecule has 0 spiro atoms. The minimum Gasteiger partial charge on any atom is -0.392 e. The maximum Gasteiger partial charge on any atom is 0.130 e. The lowest BCUT2D eigenvalue weighted by molar-refractivity contribution is 0.281. The van der Waals surface area contributed by atoms with E-state index in [1.54, 1.807) is 6.20 Å². The molecule has 0 aliphatic carbocycles. The van der Waals surface area contributed by atoms with Gasteiger partial charge in [-0.3, -0.25) is 0 Å². The summed E-state index contributed by atoms with van der Waals surface area (Å²) in [6.45, 7) is 0.0264. The van der Waals surface area contributed by atoms with Crippen molar-refractivity contribution in [2.75, 3.05) is 5.32 Å². The van der Waals surface area contributed by atoms with Gasteiger partial charge in [0.25, 0.3) is 0 Å². The second-order valence-electron chi connectivity index (χ2n) is 3.20. The van der Waals surface area contributed by atoms with Crippen molar-refractivity contribution in [3.05, 3.63) is 54.2 Å². The summed E-state index contributed by atoms with van der Waals surface area (Å²) in [6, 6.07) is 13.5. The van der Waals surface area contributed by atoms with Crippen molar-refractivity contribution in [2.24, 2.45) is 0 Å². The second-order valence-corrected chi connectivity index (χ2v) is 3.20. The minimum atomic E-state index is 0.0264. The molecule has 3 nitrogen and oxygen atoms in total. The Balaban J connectivity index is 2.11. The zero-order chi connectivity index (χ0) is 10.5. The van der Waals surface area contributed by atoms with Crippen LogP contribution in [0.5, 0.6) is 0 Å². The molecule has 76 valence electrons. The van der Waals surface area contributed by atoms with Crippen LogP contribution < -0.4 is 5.32 Å². The Kier molecular flexibility index (Phi) is 2.95. The Hall–Kier alpha value is -1.87. The Labute approximate surface area is 88.4 Å². The number of anilines is 2. The van der Waals surface area contributed by atoms with Gasteiger partial charge in [-0.05, 0) is 23.8 Å². The molecule has 0 amide bonds. The highest BCUT2D eigenvalue weighted by Gasteiger charge is 1.95. The van der Waals surface area contributed by atoms with Crippen molar-refractivity contribution in [3.8, 4) is 0 Å². The summed E-state index contributed by atoms with van der Waals surface area (Å²) in [5.41, 5.74) is 1.82.